The standard InChI is InChI=1S/C18H15N3O3S/c1-12-16(25-18(20-12)13-7-3-2-4-8-13)11-19-17(22)14-9-5-6-10-15(14)21(23)24/h2-10H,11H2,1H3,(H,19,22). The van der Waals surface area contributed by atoms with Gasteiger partial charge in [0.15, 0.2) is 0 Å². The molecular weight excluding hydrogens is 338 g/mol. The number of aromatic nitrogens is 1. The number of nitrogens with zero attached hydrogens (tertiary/aromatic N) is 2. The van der Waals surface area contributed by atoms with Gasteiger partial charge in [0.05, 0.1) is 17.2 Å². The fourth-order valence-corrected chi connectivity index (χ4v) is 3.38. The number of carbonyl (C=O) groups is 1. The molecule has 0 saturated carbocycles. The molecule has 1 N–H and O–H groups in total. The zero-order chi connectivity index (χ0) is 17.8. The van der Waals surface area contributed by atoms with Crippen LogP contribution in [0, 0.1) is 17.0 Å². The molecule has 0 spiro atoms. The number of para-hydroxylation sites is 1. The number of nitrogens with one attached hydrogen (secondary N) is 1. The third kappa shape index (κ3) is 3.72. The number of aryl methyl sites for hydroxylation is 1. The first kappa shape index (κ1) is 16.8. The molecule has 0 atom stereocenters. The lowest BCUT2D eigenvalue weighted by atomic mass is 10.1. The van der Waals surface area contributed by atoms with Crippen LogP contribution >= 0.6 is 11.3 Å². The molecule has 0 bridgehead atoms. The lowest BCUT2D eigenvalue weighted by Gasteiger charge is -2.04. The molecule has 3 aromatic rings. The summed E-state index contributed by atoms with van der Waals surface area (Å²) in [5.74, 6) is -0.471. The van der Waals surface area contributed by atoms with Crippen molar-refractivity contribution in [2.45, 2.75) is 13.5 Å². The van der Waals surface area contributed by atoms with Gasteiger partial charge in [0.2, 0.25) is 0 Å². The van der Waals surface area contributed by atoms with Crippen molar-refractivity contribution in [2.75, 3.05) is 0 Å². The predicted molar refractivity (Wildman–Crippen MR) is 96.6 cm³/mol. The SMILES string of the molecule is Cc1nc(-c2ccccc2)sc1CNC(=O)c1ccccc1[N+](=O)[O-]. The number of amides is 1. The molecule has 0 saturated heterocycles. The van der Waals surface area contributed by atoms with Crippen molar-refractivity contribution in [1.29, 1.82) is 0 Å². The fraction of sp³-hybridized carbons (Fsp3) is 0.111. The van der Waals surface area contributed by atoms with E-state index in [1.165, 1.54) is 29.5 Å². The lowest BCUT2D eigenvalue weighted by Crippen LogP contribution is -2.23. The summed E-state index contributed by atoms with van der Waals surface area (Å²) in [4.78, 5) is 28.2. The van der Waals surface area contributed by atoms with Gasteiger partial charge in [-0.05, 0) is 13.0 Å². The lowest BCUT2D eigenvalue weighted by molar-refractivity contribution is -0.385. The van der Waals surface area contributed by atoms with Crippen LogP contribution in [0.25, 0.3) is 10.6 Å². The Kier molecular flexibility index (Phi) is 4.85. The Labute approximate surface area is 148 Å². The van der Waals surface area contributed by atoms with E-state index in [0.29, 0.717) is 0 Å². The minimum atomic E-state index is -0.555. The topological polar surface area (TPSA) is 85.1 Å². The summed E-state index contributed by atoms with van der Waals surface area (Å²) in [6.07, 6.45) is 0. The van der Waals surface area contributed by atoms with Crippen LogP contribution in [0.1, 0.15) is 20.9 Å². The maximum absolute atomic E-state index is 12.3. The number of nitro benzene ring substituents is 1. The molecule has 1 heterocycles. The van der Waals surface area contributed by atoms with E-state index in [9.17, 15) is 14.9 Å². The second kappa shape index (κ2) is 7.23. The fourth-order valence-electron chi connectivity index (χ4n) is 2.38. The average molecular weight is 353 g/mol. The number of thiazole rings is 1. The van der Waals surface area contributed by atoms with Gasteiger partial charge in [-0.15, -0.1) is 11.3 Å². The molecular formula is C18H15N3O3S. The average Bonchev–Trinajstić information content (AvgIpc) is 3.01. The Morgan fingerprint density at radius 3 is 2.56 bits per heavy atom. The van der Waals surface area contributed by atoms with Crippen molar-refractivity contribution in [3.8, 4) is 10.6 Å². The van der Waals surface area contributed by atoms with Crippen molar-refractivity contribution >= 4 is 22.9 Å². The molecule has 1 amide bonds. The maximum atomic E-state index is 12.3. The van der Waals surface area contributed by atoms with E-state index in [1.54, 1.807) is 6.07 Å². The number of rotatable bonds is 5. The van der Waals surface area contributed by atoms with E-state index in [0.717, 1.165) is 21.1 Å². The quantitative estimate of drug-likeness (QED) is 0.556. The number of carbonyl (C=O) groups excluding carboxylic acids is 1. The molecule has 0 radical (unpaired) electrons. The van der Waals surface area contributed by atoms with Crippen molar-refractivity contribution in [3.05, 3.63) is 80.8 Å². The zero-order valence-corrected chi connectivity index (χ0v) is 14.2. The van der Waals surface area contributed by atoms with E-state index < -0.39 is 10.8 Å². The van der Waals surface area contributed by atoms with E-state index in [-0.39, 0.29) is 17.8 Å². The summed E-state index contributed by atoms with van der Waals surface area (Å²) in [7, 11) is 0. The normalized spacial score (nSPS) is 10.4. The Morgan fingerprint density at radius 1 is 1.16 bits per heavy atom. The highest BCUT2D eigenvalue weighted by atomic mass is 32.1. The summed E-state index contributed by atoms with van der Waals surface area (Å²) < 4.78 is 0. The third-order valence-corrected chi connectivity index (χ3v) is 4.87. The Morgan fingerprint density at radius 2 is 1.84 bits per heavy atom. The van der Waals surface area contributed by atoms with Gasteiger partial charge in [0.25, 0.3) is 11.6 Å². The largest absolute Gasteiger partial charge is 0.347 e. The first-order valence-electron chi connectivity index (χ1n) is 7.59. The van der Waals surface area contributed by atoms with E-state index in [2.05, 4.69) is 10.3 Å². The van der Waals surface area contributed by atoms with Crippen LogP contribution in [-0.4, -0.2) is 15.8 Å². The minimum absolute atomic E-state index is 0.0537. The molecule has 0 aliphatic heterocycles. The first-order valence-corrected chi connectivity index (χ1v) is 8.41. The summed E-state index contributed by atoms with van der Waals surface area (Å²) >= 11 is 1.50. The highest BCUT2D eigenvalue weighted by Gasteiger charge is 2.19. The van der Waals surface area contributed by atoms with Gasteiger partial charge in [-0.2, -0.15) is 0 Å². The monoisotopic (exact) mass is 353 g/mol. The molecule has 25 heavy (non-hydrogen) atoms. The van der Waals surface area contributed by atoms with Gasteiger partial charge in [-0.1, -0.05) is 42.5 Å². The summed E-state index contributed by atoms with van der Waals surface area (Å²) in [6, 6.07) is 15.7. The van der Waals surface area contributed by atoms with E-state index >= 15 is 0 Å². The molecule has 1 aromatic heterocycles. The number of hydrogen-bond acceptors (Lipinski definition) is 5. The Bertz CT molecular complexity index is 922. The molecule has 2 aromatic carbocycles. The molecule has 0 fully saturated rings. The zero-order valence-electron chi connectivity index (χ0n) is 13.4. The van der Waals surface area contributed by atoms with Crippen LogP contribution in [0.2, 0.25) is 0 Å². The minimum Gasteiger partial charge on any atom is -0.347 e. The first-order chi connectivity index (χ1) is 12.1. The second-order valence-electron chi connectivity index (χ2n) is 5.35. The van der Waals surface area contributed by atoms with E-state index in [4.69, 9.17) is 0 Å². The Hall–Kier alpha value is -3.06. The number of hydrogen-bond donors (Lipinski definition) is 1. The van der Waals surface area contributed by atoms with Gasteiger partial charge in [0, 0.05) is 16.5 Å². The summed E-state index contributed by atoms with van der Waals surface area (Å²) in [5.41, 5.74) is 1.71. The van der Waals surface area contributed by atoms with Crippen LogP contribution in [-0.2, 0) is 6.54 Å². The number of nitro groups is 1. The number of benzene rings is 2. The van der Waals surface area contributed by atoms with Gasteiger partial charge in [-0.25, -0.2) is 4.98 Å². The van der Waals surface area contributed by atoms with Crippen molar-refractivity contribution in [3.63, 3.8) is 0 Å². The van der Waals surface area contributed by atoms with Gasteiger partial charge in [0.1, 0.15) is 10.6 Å². The highest BCUT2D eigenvalue weighted by molar-refractivity contribution is 7.15. The molecule has 6 nitrogen and oxygen atoms in total. The molecule has 0 aliphatic carbocycles. The van der Waals surface area contributed by atoms with E-state index in [1.807, 2.05) is 37.3 Å². The van der Waals surface area contributed by atoms with Crippen LogP contribution in [0.4, 0.5) is 5.69 Å². The molecule has 0 unspecified atom stereocenters. The molecule has 7 heteroatoms. The van der Waals surface area contributed by atoms with Crippen LogP contribution in [0.3, 0.4) is 0 Å². The molecule has 126 valence electrons. The molecule has 3 rings (SSSR count). The highest BCUT2D eigenvalue weighted by Crippen LogP contribution is 2.27. The Balaban J connectivity index is 1.75. The van der Waals surface area contributed by atoms with Gasteiger partial charge in [-0.3, -0.25) is 14.9 Å². The maximum Gasteiger partial charge on any atom is 0.282 e. The van der Waals surface area contributed by atoms with Crippen LogP contribution in [0.5, 0.6) is 0 Å². The predicted octanol–water partition coefficient (Wildman–Crippen LogP) is 3.96. The third-order valence-electron chi connectivity index (χ3n) is 3.67. The van der Waals surface area contributed by atoms with Crippen molar-refractivity contribution < 1.29 is 9.72 Å². The smallest absolute Gasteiger partial charge is 0.282 e. The summed E-state index contributed by atoms with van der Waals surface area (Å²) in [6.45, 7) is 2.16. The second-order valence-corrected chi connectivity index (χ2v) is 6.43. The van der Waals surface area contributed by atoms with Gasteiger partial charge < -0.3 is 5.32 Å². The molecule has 0 aliphatic rings. The summed E-state index contributed by atoms with van der Waals surface area (Å²) in [5, 5.41) is 14.7. The van der Waals surface area contributed by atoms with Crippen molar-refractivity contribution in [1.82, 2.24) is 10.3 Å². The van der Waals surface area contributed by atoms with Gasteiger partial charge >= 0.3 is 0 Å². The van der Waals surface area contributed by atoms with Crippen LogP contribution < -0.4 is 5.32 Å². The van der Waals surface area contributed by atoms with Crippen LogP contribution in [0.15, 0.2) is 54.6 Å². The van der Waals surface area contributed by atoms with Crippen molar-refractivity contribution in [2.24, 2.45) is 0 Å².